The second-order valence-electron chi connectivity index (χ2n) is 3.66. The zero-order valence-corrected chi connectivity index (χ0v) is 10.3. The molecule has 2 aromatic rings. The normalized spacial score (nSPS) is 10.6. The van der Waals surface area contributed by atoms with Gasteiger partial charge in [-0.2, -0.15) is 0 Å². The van der Waals surface area contributed by atoms with E-state index in [0.717, 1.165) is 29.5 Å². The van der Waals surface area contributed by atoms with Crippen molar-refractivity contribution in [2.24, 2.45) is 0 Å². The third-order valence-corrected chi connectivity index (χ3v) is 3.25. The van der Waals surface area contributed by atoms with Gasteiger partial charge in [-0.3, -0.25) is 4.98 Å². The Morgan fingerprint density at radius 3 is 2.75 bits per heavy atom. The van der Waals surface area contributed by atoms with Crippen molar-refractivity contribution in [1.82, 2.24) is 15.3 Å². The summed E-state index contributed by atoms with van der Waals surface area (Å²) in [6, 6.07) is 5.95. The zero-order valence-electron chi connectivity index (χ0n) is 9.53. The van der Waals surface area contributed by atoms with Crippen LogP contribution < -0.4 is 5.32 Å². The van der Waals surface area contributed by atoms with Crippen LogP contribution in [0.2, 0.25) is 0 Å². The van der Waals surface area contributed by atoms with E-state index >= 15 is 0 Å². The Hall–Kier alpha value is -1.26. The van der Waals surface area contributed by atoms with E-state index in [4.69, 9.17) is 0 Å². The largest absolute Gasteiger partial charge is 0.305 e. The molecular weight excluding hydrogens is 218 g/mol. The lowest BCUT2D eigenvalue weighted by Crippen LogP contribution is -2.14. The molecule has 2 rings (SSSR count). The summed E-state index contributed by atoms with van der Waals surface area (Å²) < 4.78 is 0. The SMILES string of the molecule is Cc1nc(CNCc2ccccn2)c(C)s1. The van der Waals surface area contributed by atoms with Crippen molar-refractivity contribution in [3.05, 3.63) is 45.7 Å². The van der Waals surface area contributed by atoms with Gasteiger partial charge in [-0.05, 0) is 26.0 Å². The Labute approximate surface area is 99.6 Å². The van der Waals surface area contributed by atoms with Gasteiger partial charge in [0.15, 0.2) is 0 Å². The third-order valence-electron chi connectivity index (χ3n) is 2.32. The summed E-state index contributed by atoms with van der Waals surface area (Å²) >= 11 is 1.75. The van der Waals surface area contributed by atoms with Gasteiger partial charge in [0.1, 0.15) is 0 Å². The minimum absolute atomic E-state index is 0.789. The standard InChI is InChI=1S/C12H15N3S/c1-9-12(15-10(2)16-9)8-13-7-11-5-3-4-6-14-11/h3-6,13H,7-8H2,1-2H3. The van der Waals surface area contributed by atoms with Crippen molar-refractivity contribution in [3.8, 4) is 0 Å². The third kappa shape index (κ3) is 2.87. The number of aromatic nitrogens is 2. The fraction of sp³-hybridized carbons (Fsp3) is 0.333. The molecule has 0 unspecified atom stereocenters. The van der Waals surface area contributed by atoms with E-state index in [2.05, 4.69) is 22.2 Å². The second kappa shape index (κ2) is 5.18. The number of aryl methyl sites for hydroxylation is 2. The molecule has 0 aliphatic rings. The van der Waals surface area contributed by atoms with Crippen LogP contribution in [0.15, 0.2) is 24.4 Å². The molecule has 0 aliphatic heterocycles. The summed E-state index contributed by atoms with van der Waals surface area (Å²) in [5, 5.41) is 4.49. The van der Waals surface area contributed by atoms with Crippen LogP contribution in [0.1, 0.15) is 21.3 Å². The van der Waals surface area contributed by atoms with Crippen molar-refractivity contribution < 1.29 is 0 Å². The molecule has 0 radical (unpaired) electrons. The van der Waals surface area contributed by atoms with Crippen LogP contribution in [-0.4, -0.2) is 9.97 Å². The van der Waals surface area contributed by atoms with E-state index in [1.54, 1.807) is 11.3 Å². The van der Waals surface area contributed by atoms with Gasteiger partial charge in [-0.25, -0.2) is 4.98 Å². The molecule has 0 aliphatic carbocycles. The summed E-state index contributed by atoms with van der Waals surface area (Å²) in [7, 11) is 0. The van der Waals surface area contributed by atoms with Crippen molar-refractivity contribution in [1.29, 1.82) is 0 Å². The summed E-state index contributed by atoms with van der Waals surface area (Å²) in [5.41, 5.74) is 2.21. The van der Waals surface area contributed by atoms with Gasteiger partial charge in [-0.15, -0.1) is 11.3 Å². The highest BCUT2D eigenvalue weighted by Crippen LogP contribution is 2.15. The highest BCUT2D eigenvalue weighted by molar-refractivity contribution is 7.11. The molecule has 0 amide bonds. The summed E-state index contributed by atoms with van der Waals surface area (Å²) in [6.07, 6.45) is 1.81. The smallest absolute Gasteiger partial charge is 0.0900 e. The number of nitrogens with zero attached hydrogens (tertiary/aromatic N) is 2. The molecule has 0 saturated carbocycles. The first kappa shape index (κ1) is 11.2. The highest BCUT2D eigenvalue weighted by atomic mass is 32.1. The molecular formula is C12H15N3S. The lowest BCUT2D eigenvalue weighted by atomic mass is 10.3. The monoisotopic (exact) mass is 233 g/mol. The first-order chi connectivity index (χ1) is 7.75. The van der Waals surface area contributed by atoms with E-state index in [1.165, 1.54) is 4.88 Å². The van der Waals surface area contributed by atoms with E-state index in [1.807, 2.05) is 31.3 Å². The Kier molecular flexibility index (Phi) is 3.64. The van der Waals surface area contributed by atoms with Crippen LogP contribution >= 0.6 is 11.3 Å². The van der Waals surface area contributed by atoms with Gasteiger partial charge >= 0.3 is 0 Å². The minimum atomic E-state index is 0.789. The van der Waals surface area contributed by atoms with E-state index < -0.39 is 0 Å². The van der Waals surface area contributed by atoms with Crippen molar-refractivity contribution in [3.63, 3.8) is 0 Å². The number of hydrogen-bond acceptors (Lipinski definition) is 4. The minimum Gasteiger partial charge on any atom is -0.305 e. The molecule has 1 N–H and O–H groups in total. The number of rotatable bonds is 4. The summed E-state index contributed by atoms with van der Waals surface area (Å²) in [5.74, 6) is 0. The van der Waals surface area contributed by atoms with Gasteiger partial charge in [0.25, 0.3) is 0 Å². The maximum atomic E-state index is 4.48. The molecule has 2 aromatic heterocycles. The van der Waals surface area contributed by atoms with Crippen LogP contribution in [0.3, 0.4) is 0 Å². The predicted molar refractivity (Wildman–Crippen MR) is 66.4 cm³/mol. The van der Waals surface area contributed by atoms with Crippen LogP contribution in [0, 0.1) is 13.8 Å². The molecule has 2 heterocycles. The van der Waals surface area contributed by atoms with Crippen LogP contribution in [0.4, 0.5) is 0 Å². The fourth-order valence-electron chi connectivity index (χ4n) is 1.55. The molecule has 0 spiro atoms. The highest BCUT2D eigenvalue weighted by Gasteiger charge is 2.03. The molecule has 0 aromatic carbocycles. The lowest BCUT2D eigenvalue weighted by molar-refractivity contribution is 0.667. The van der Waals surface area contributed by atoms with Gasteiger partial charge in [0.05, 0.1) is 16.4 Å². The summed E-state index contributed by atoms with van der Waals surface area (Å²) in [4.78, 5) is 10.0. The quantitative estimate of drug-likeness (QED) is 0.881. The first-order valence-electron chi connectivity index (χ1n) is 5.29. The average Bonchev–Trinajstić information content (AvgIpc) is 2.59. The maximum Gasteiger partial charge on any atom is 0.0900 e. The van der Waals surface area contributed by atoms with Crippen LogP contribution in [0.25, 0.3) is 0 Å². The van der Waals surface area contributed by atoms with Gasteiger partial charge < -0.3 is 5.32 Å². The zero-order chi connectivity index (χ0) is 11.4. The van der Waals surface area contributed by atoms with Crippen molar-refractivity contribution >= 4 is 11.3 Å². The topological polar surface area (TPSA) is 37.8 Å². The molecule has 0 bridgehead atoms. The second-order valence-corrected chi connectivity index (χ2v) is 5.07. The molecule has 16 heavy (non-hydrogen) atoms. The molecule has 84 valence electrons. The number of nitrogens with one attached hydrogen (secondary N) is 1. The number of pyridine rings is 1. The Morgan fingerprint density at radius 2 is 2.12 bits per heavy atom. The fourth-order valence-corrected chi connectivity index (χ4v) is 2.38. The Balaban J connectivity index is 1.87. The van der Waals surface area contributed by atoms with Gasteiger partial charge in [-0.1, -0.05) is 6.07 Å². The molecule has 0 saturated heterocycles. The average molecular weight is 233 g/mol. The Bertz CT molecular complexity index is 451. The van der Waals surface area contributed by atoms with Crippen molar-refractivity contribution in [2.75, 3.05) is 0 Å². The predicted octanol–water partition coefficient (Wildman–Crippen LogP) is 2.44. The first-order valence-corrected chi connectivity index (χ1v) is 6.11. The van der Waals surface area contributed by atoms with Crippen LogP contribution in [-0.2, 0) is 13.1 Å². The maximum absolute atomic E-state index is 4.48. The van der Waals surface area contributed by atoms with Crippen LogP contribution in [0.5, 0.6) is 0 Å². The molecule has 4 heteroatoms. The van der Waals surface area contributed by atoms with E-state index in [0.29, 0.717) is 0 Å². The lowest BCUT2D eigenvalue weighted by Gasteiger charge is -2.02. The van der Waals surface area contributed by atoms with E-state index in [9.17, 15) is 0 Å². The van der Waals surface area contributed by atoms with Crippen molar-refractivity contribution in [2.45, 2.75) is 26.9 Å². The van der Waals surface area contributed by atoms with Gasteiger partial charge in [0, 0.05) is 24.2 Å². The molecule has 0 fully saturated rings. The molecule has 0 atom stereocenters. The summed E-state index contributed by atoms with van der Waals surface area (Å²) in [6.45, 7) is 5.76. The van der Waals surface area contributed by atoms with E-state index in [-0.39, 0.29) is 0 Å². The van der Waals surface area contributed by atoms with Gasteiger partial charge in [0.2, 0.25) is 0 Å². The molecule has 3 nitrogen and oxygen atoms in total. The Morgan fingerprint density at radius 1 is 1.25 bits per heavy atom. The number of thiazole rings is 1. The number of hydrogen-bond donors (Lipinski definition) is 1.